The molecule has 0 aliphatic rings. The van der Waals surface area contributed by atoms with Gasteiger partial charge in [-0.1, -0.05) is 61.9 Å². The van der Waals surface area contributed by atoms with E-state index in [-0.39, 0.29) is 10.8 Å². The van der Waals surface area contributed by atoms with Crippen molar-refractivity contribution in [1.29, 1.82) is 0 Å². The van der Waals surface area contributed by atoms with Crippen LogP contribution in [-0.2, 0) is 0 Å². The molecule has 0 fully saturated rings. The molecular weight excluding hydrogens is 280 g/mol. The third-order valence-corrected chi connectivity index (χ3v) is 9.90. The summed E-state index contributed by atoms with van der Waals surface area (Å²) >= 11 is 3.41. The summed E-state index contributed by atoms with van der Waals surface area (Å²) < 4.78 is 1.05. The Morgan fingerprint density at radius 2 is 1.56 bits per heavy atom. The zero-order chi connectivity index (χ0) is 12.6. The van der Waals surface area contributed by atoms with E-state index in [1.807, 2.05) is 24.3 Å². The number of benzene rings is 1. The van der Waals surface area contributed by atoms with Crippen molar-refractivity contribution in [3.05, 3.63) is 34.3 Å². The quantitative estimate of drug-likeness (QED) is 0.796. The fraction of sp³-hybridized carbons (Fsp3) is 0.538. The molecule has 1 aromatic carbocycles. The molecule has 0 saturated carbocycles. The van der Waals surface area contributed by atoms with Gasteiger partial charge in [0.15, 0.2) is 0 Å². The van der Waals surface area contributed by atoms with Crippen molar-refractivity contribution in [3.8, 4) is 0 Å². The molecule has 90 valence electrons. The Morgan fingerprint density at radius 3 is 1.94 bits per heavy atom. The minimum atomic E-state index is -1.73. The predicted octanol–water partition coefficient (Wildman–Crippen LogP) is 4.53. The van der Waals surface area contributed by atoms with Crippen LogP contribution in [0.4, 0.5) is 0 Å². The van der Waals surface area contributed by atoms with E-state index in [0.717, 1.165) is 10.0 Å². The molecular formula is C13H21BrOSi. The number of hydrogen-bond acceptors (Lipinski definition) is 1. The molecule has 1 rings (SSSR count). The molecule has 0 amide bonds. The maximum atomic E-state index is 10.5. The number of aliphatic hydroxyl groups excluding tert-OH is 1. The number of aliphatic hydroxyl groups is 1. The van der Waals surface area contributed by atoms with Crippen LogP contribution in [0.1, 0.15) is 32.1 Å². The summed E-state index contributed by atoms with van der Waals surface area (Å²) in [7, 11) is -1.73. The minimum Gasteiger partial charge on any atom is -0.392 e. The zero-order valence-corrected chi connectivity index (χ0v) is 13.3. The molecule has 0 aliphatic heterocycles. The van der Waals surface area contributed by atoms with E-state index < -0.39 is 8.07 Å². The van der Waals surface area contributed by atoms with Crippen LogP contribution in [0.25, 0.3) is 0 Å². The molecule has 3 heteroatoms. The average Bonchev–Trinajstić information content (AvgIpc) is 2.16. The van der Waals surface area contributed by atoms with E-state index in [1.54, 1.807) is 0 Å². The monoisotopic (exact) mass is 300 g/mol. The smallest absolute Gasteiger partial charge is 0.0922 e. The summed E-state index contributed by atoms with van der Waals surface area (Å²) in [6, 6.07) is 8.00. The Kier molecular flexibility index (Phi) is 4.03. The van der Waals surface area contributed by atoms with Gasteiger partial charge in [0, 0.05) is 4.47 Å². The molecule has 0 aromatic heterocycles. The molecule has 0 spiro atoms. The molecule has 0 radical (unpaired) electrons. The second kappa shape index (κ2) is 4.63. The van der Waals surface area contributed by atoms with Gasteiger partial charge in [0.2, 0.25) is 0 Å². The molecule has 1 nitrogen and oxygen atoms in total. The summed E-state index contributed by atoms with van der Waals surface area (Å²) in [4.78, 5) is 0. The van der Waals surface area contributed by atoms with Gasteiger partial charge in [0.25, 0.3) is 0 Å². The molecule has 0 heterocycles. The maximum Gasteiger partial charge on any atom is 0.0922 e. The van der Waals surface area contributed by atoms with E-state index in [0.29, 0.717) is 0 Å². The average molecular weight is 301 g/mol. The standard InChI is InChI=1S/C13H21BrOSi/c1-13(2,3)16(4,5)12(15)10-6-8-11(14)9-7-10/h6-9,12,15H,1-5H3. The van der Waals surface area contributed by atoms with Crippen LogP contribution in [0.15, 0.2) is 28.7 Å². The van der Waals surface area contributed by atoms with Crippen molar-refractivity contribution in [3.63, 3.8) is 0 Å². The lowest BCUT2D eigenvalue weighted by Gasteiger charge is -2.40. The molecule has 1 unspecified atom stereocenters. The van der Waals surface area contributed by atoms with Crippen LogP contribution in [0.5, 0.6) is 0 Å². The molecule has 0 aliphatic carbocycles. The van der Waals surface area contributed by atoms with E-state index in [2.05, 4.69) is 49.8 Å². The van der Waals surface area contributed by atoms with E-state index in [9.17, 15) is 5.11 Å². The van der Waals surface area contributed by atoms with Gasteiger partial charge in [-0.15, -0.1) is 0 Å². The molecule has 1 N–H and O–H groups in total. The Hall–Kier alpha value is -0.123. The second-order valence-corrected chi connectivity index (χ2v) is 12.3. The first-order chi connectivity index (χ1) is 7.16. The Labute approximate surface area is 108 Å². The SMILES string of the molecule is CC(C)(C)[Si](C)(C)C(O)c1ccc(Br)cc1. The van der Waals surface area contributed by atoms with Crippen molar-refractivity contribution in [1.82, 2.24) is 0 Å². The minimum absolute atomic E-state index is 0.194. The van der Waals surface area contributed by atoms with Gasteiger partial charge in [-0.05, 0) is 22.7 Å². The van der Waals surface area contributed by atoms with Crippen molar-refractivity contribution in [2.24, 2.45) is 0 Å². The highest BCUT2D eigenvalue weighted by Gasteiger charge is 2.42. The van der Waals surface area contributed by atoms with Gasteiger partial charge in [0.05, 0.1) is 13.8 Å². The number of halogens is 1. The molecule has 0 saturated heterocycles. The third kappa shape index (κ3) is 2.76. The Bertz CT molecular complexity index is 351. The van der Waals surface area contributed by atoms with E-state index in [4.69, 9.17) is 0 Å². The van der Waals surface area contributed by atoms with Crippen LogP contribution in [0, 0.1) is 0 Å². The normalized spacial score (nSPS) is 14.9. The highest BCUT2D eigenvalue weighted by Crippen LogP contribution is 2.43. The second-order valence-electron chi connectivity index (χ2n) is 5.93. The van der Waals surface area contributed by atoms with Crippen LogP contribution < -0.4 is 0 Å². The van der Waals surface area contributed by atoms with Gasteiger partial charge >= 0.3 is 0 Å². The fourth-order valence-corrected chi connectivity index (χ4v) is 3.58. The molecule has 0 bridgehead atoms. The summed E-state index contributed by atoms with van der Waals surface area (Å²) in [5, 5.41) is 10.7. The van der Waals surface area contributed by atoms with Crippen LogP contribution in [0.2, 0.25) is 18.1 Å². The molecule has 1 atom stereocenters. The highest BCUT2D eigenvalue weighted by molar-refractivity contribution is 9.10. The van der Waals surface area contributed by atoms with Crippen LogP contribution in [-0.4, -0.2) is 13.2 Å². The third-order valence-electron chi connectivity index (χ3n) is 3.80. The zero-order valence-electron chi connectivity index (χ0n) is 10.7. The maximum absolute atomic E-state index is 10.5. The van der Waals surface area contributed by atoms with E-state index in [1.165, 1.54) is 0 Å². The lowest BCUT2D eigenvalue weighted by atomic mass is 10.2. The lowest BCUT2D eigenvalue weighted by molar-refractivity contribution is 0.243. The summed E-state index contributed by atoms with van der Waals surface area (Å²) in [5.74, 6) is 0. The highest BCUT2D eigenvalue weighted by atomic mass is 79.9. The van der Waals surface area contributed by atoms with Crippen LogP contribution >= 0.6 is 15.9 Å². The largest absolute Gasteiger partial charge is 0.392 e. The topological polar surface area (TPSA) is 20.2 Å². The van der Waals surface area contributed by atoms with Gasteiger partial charge in [0.1, 0.15) is 0 Å². The predicted molar refractivity (Wildman–Crippen MR) is 76.3 cm³/mol. The summed E-state index contributed by atoms with van der Waals surface area (Å²) in [5.41, 5.74) is 0.732. The van der Waals surface area contributed by atoms with Crippen molar-refractivity contribution in [2.75, 3.05) is 0 Å². The van der Waals surface area contributed by atoms with Crippen molar-refractivity contribution < 1.29 is 5.11 Å². The van der Waals surface area contributed by atoms with Gasteiger partial charge in [-0.3, -0.25) is 0 Å². The Balaban J connectivity index is 3.02. The van der Waals surface area contributed by atoms with Crippen molar-refractivity contribution >= 4 is 24.0 Å². The number of rotatable bonds is 2. The lowest BCUT2D eigenvalue weighted by Crippen LogP contribution is -2.44. The first-order valence-corrected chi connectivity index (χ1v) is 9.47. The Morgan fingerprint density at radius 1 is 1.12 bits per heavy atom. The van der Waals surface area contributed by atoms with Gasteiger partial charge < -0.3 is 5.11 Å². The van der Waals surface area contributed by atoms with E-state index >= 15 is 0 Å². The van der Waals surface area contributed by atoms with Gasteiger partial charge in [-0.25, -0.2) is 0 Å². The van der Waals surface area contributed by atoms with Crippen molar-refractivity contribution in [2.45, 2.75) is 44.6 Å². The molecule has 16 heavy (non-hydrogen) atoms. The first kappa shape index (κ1) is 13.9. The summed E-state index contributed by atoms with van der Waals surface area (Å²) in [6.45, 7) is 11.2. The fourth-order valence-electron chi connectivity index (χ4n) is 1.47. The number of hydrogen-bond donors (Lipinski definition) is 1. The summed E-state index contributed by atoms with van der Waals surface area (Å²) in [6.07, 6.45) is 0. The first-order valence-electron chi connectivity index (χ1n) is 5.60. The molecule has 1 aromatic rings. The van der Waals surface area contributed by atoms with Crippen LogP contribution in [0.3, 0.4) is 0 Å². The van der Waals surface area contributed by atoms with Gasteiger partial charge in [-0.2, -0.15) is 0 Å².